The summed E-state index contributed by atoms with van der Waals surface area (Å²) in [5, 5.41) is 8.50. The summed E-state index contributed by atoms with van der Waals surface area (Å²) in [5.74, 6) is 0. The van der Waals surface area contributed by atoms with Crippen LogP contribution < -0.4 is 0 Å². The molecule has 0 bridgehead atoms. The topological polar surface area (TPSA) is 55.8 Å². The van der Waals surface area contributed by atoms with Gasteiger partial charge >= 0.3 is 6.95 Å². The molecule has 1 atom stereocenters. The van der Waals surface area contributed by atoms with Gasteiger partial charge in [0.2, 0.25) is 0 Å². The monoisotopic (exact) mass is 386 g/mol. The second kappa shape index (κ2) is 5.80. The zero-order chi connectivity index (χ0) is 12.3. The predicted molar refractivity (Wildman–Crippen MR) is 67.6 cm³/mol. The minimum atomic E-state index is -3.71. The lowest BCUT2D eigenvalue weighted by Gasteiger charge is -2.35. The fourth-order valence-corrected chi connectivity index (χ4v) is 3.51. The van der Waals surface area contributed by atoms with Gasteiger partial charge in [-0.15, -0.1) is 0 Å². The van der Waals surface area contributed by atoms with Gasteiger partial charge in [-0.25, -0.2) is 4.57 Å². The van der Waals surface area contributed by atoms with Crippen molar-refractivity contribution in [2.24, 2.45) is 5.41 Å². The zero-order valence-electron chi connectivity index (χ0n) is 8.67. The lowest BCUT2D eigenvalue weighted by Crippen LogP contribution is -2.32. The van der Waals surface area contributed by atoms with Crippen molar-refractivity contribution >= 4 is 50.0 Å². The summed E-state index contributed by atoms with van der Waals surface area (Å²) in [4.78, 5) is 0. The Kier molecular flexibility index (Phi) is 6.33. The Bertz CT molecular complexity index is 254. The molecule has 0 fully saturated rings. The Balaban J connectivity index is 4.51. The van der Waals surface area contributed by atoms with Crippen LogP contribution in [-0.4, -0.2) is 21.7 Å². The number of halogens is 3. The largest absolute Gasteiger partial charge is 0.426 e. The van der Waals surface area contributed by atoms with Crippen LogP contribution in [0.2, 0.25) is 0 Å². The van der Waals surface area contributed by atoms with Gasteiger partial charge in [0.15, 0.2) is 3.42 Å². The Labute approximate surface area is 111 Å². The Hall–Kier alpha value is 1.36. The van der Waals surface area contributed by atoms with Gasteiger partial charge in [-0.2, -0.15) is 0 Å². The number of aliphatic hydroxyl groups excluding tert-OH is 1. The maximum Gasteiger partial charge on any atom is 0.426 e. The van der Waals surface area contributed by atoms with Crippen molar-refractivity contribution in [2.45, 2.75) is 24.2 Å². The van der Waals surface area contributed by atoms with E-state index in [0.717, 1.165) is 0 Å². The molecular formula is C7H14Br2ClO4P. The summed E-state index contributed by atoms with van der Waals surface area (Å²) >= 11 is 12.0. The summed E-state index contributed by atoms with van der Waals surface area (Å²) in [6, 6.07) is 0. The van der Waals surface area contributed by atoms with Gasteiger partial charge in [-0.3, -0.25) is 9.05 Å². The van der Waals surface area contributed by atoms with E-state index in [1.54, 1.807) is 0 Å². The van der Waals surface area contributed by atoms with E-state index in [0.29, 0.717) is 0 Å². The Morgan fingerprint density at radius 3 is 2.20 bits per heavy atom. The molecule has 0 aliphatic carbocycles. The molecule has 0 aromatic rings. The highest BCUT2D eigenvalue weighted by atomic mass is 79.9. The average Bonchev–Trinajstić information content (AvgIpc) is 1.96. The maximum atomic E-state index is 11.6. The fraction of sp³-hybridized carbons (Fsp3) is 1.00. The van der Waals surface area contributed by atoms with Crippen LogP contribution in [0.4, 0.5) is 0 Å². The van der Waals surface area contributed by atoms with Crippen LogP contribution >= 0.6 is 50.0 Å². The molecule has 4 nitrogen and oxygen atoms in total. The number of hydrogen-bond acceptors (Lipinski definition) is 4. The lowest BCUT2D eigenvalue weighted by molar-refractivity contribution is 0.111. The predicted octanol–water partition coefficient (Wildman–Crippen LogP) is 3.85. The highest BCUT2D eigenvalue weighted by molar-refractivity contribution is 9.25. The quantitative estimate of drug-likeness (QED) is 0.574. The van der Waals surface area contributed by atoms with Gasteiger partial charge in [-0.1, -0.05) is 20.8 Å². The number of hydrogen-bond donors (Lipinski definition) is 1. The summed E-state index contributed by atoms with van der Waals surface area (Å²) in [6.45, 7) is 1.46. The van der Waals surface area contributed by atoms with Gasteiger partial charge < -0.3 is 5.11 Å². The molecule has 8 heteroatoms. The second-order valence-electron chi connectivity index (χ2n) is 3.85. The molecule has 0 aliphatic heterocycles. The van der Waals surface area contributed by atoms with Crippen LogP contribution in [-0.2, 0) is 13.6 Å². The molecule has 0 spiro atoms. The first-order chi connectivity index (χ1) is 6.52. The van der Waals surface area contributed by atoms with Crippen LogP contribution in [0.25, 0.3) is 0 Å². The smallest absolute Gasteiger partial charge is 0.394 e. The van der Waals surface area contributed by atoms with Crippen LogP contribution in [0, 0.1) is 5.41 Å². The van der Waals surface area contributed by atoms with E-state index < -0.39 is 10.4 Å². The van der Waals surface area contributed by atoms with E-state index in [9.17, 15) is 4.57 Å². The van der Waals surface area contributed by atoms with Crippen LogP contribution in [0.1, 0.15) is 20.8 Å². The number of rotatable bonds is 5. The molecule has 1 N–H and O–H groups in total. The van der Waals surface area contributed by atoms with Crippen molar-refractivity contribution in [1.82, 2.24) is 0 Å². The van der Waals surface area contributed by atoms with E-state index in [-0.39, 0.29) is 18.6 Å². The third-order valence-corrected chi connectivity index (χ3v) is 6.12. The standard InChI is InChI=1S/C7H14Br2ClO4P/c1-6(2,3)7(8,9)14-15(10,12)13-5-4-11/h11H,4-5H2,1-3H3. The molecule has 0 heterocycles. The summed E-state index contributed by atoms with van der Waals surface area (Å²) < 4.78 is 20.3. The molecule has 0 aromatic carbocycles. The highest BCUT2D eigenvalue weighted by Gasteiger charge is 2.44. The SMILES string of the molecule is CC(C)(C)C(Br)(Br)OP(=O)(Cl)OCCO. The van der Waals surface area contributed by atoms with Gasteiger partial charge in [0.25, 0.3) is 0 Å². The first kappa shape index (κ1) is 16.4. The molecule has 0 aromatic heterocycles. The molecule has 0 aliphatic rings. The molecular weight excluding hydrogens is 374 g/mol. The molecule has 0 rings (SSSR count). The first-order valence-electron chi connectivity index (χ1n) is 4.15. The van der Waals surface area contributed by atoms with Crippen molar-refractivity contribution < 1.29 is 18.7 Å². The third kappa shape index (κ3) is 6.01. The number of aliphatic hydroxyl groups is 1. The molecule has 0 amide bonds. The van der Waals surface area contributed by atoms with E-state index in [1.165, 1.54) is 0 Å². The minimum absolute atomic E-state index is 0.138. The first-order valence-corrected chi connectivity index (χ1v) is 8.19. The summed E-state index contributed by atoms with van der Waals surface area (Å²) in [5.41, 5.74) is -0.389. The molecule has 0 saturated carbocycles. The number of alkyl halides is 2. The van der Waals surface area contributed by atoms with Gasteiger partial charge in [0.05, 0.1) is 13.2 Å². The Morgan fingerprint density at radius 1 is 1.40 bits per heavy atom. The average molecular weight is 388 g/mol. The van der Waals surface area contributed by atoms with Crippen molar-refractivity contribution in [3.05, 3.63) is 0 Å². The van der Waals surface area contributed by atoms with Crippen LogP contribution in [0.15, 0.2) is 0 Å². The molecule has 0 radical (unpaired) electrons. The lowest BCUT2D eigenvalue weighted by atomic mass is 9.99. The van der Waals surface area contributed by atoms with E-state index >= 15 is 0 Å². The van der Waals surface area contributed by atoms with Crippen LogP contribution in [0.5, 0.6) is 0 Å². The second-order valence-corrected chi connectivity index (χ2v) is 9.69. The van der Waals surface area contributed by atoms with Crippen molar-refractivity contribution in [3.63, 3.8) is 0 Å². The van der Waals surface area contributed by atoms with E-state index in [1.807, 2.05) is 20.8 Å². The van der Waals surface area contributed by atoms with Crippen molar-refractivity contribution in [2.75, 3.05) is 13.2 Å². The molecule has 15 heavy (non-hydrogen) atoms. The molecule has 1 unspecified atom stereocenters. The normalized spacial score (nSPS) is 17.5. The summed E-state index contributed by atoms with van der Waals surface area (Å²) in [7, 11) is 0. The van der Waals surface area contributed by atoms with Crippen molar-refractivity contribution in [3.8, 4) is 0 Å². The van der Waals surface area contributed by atoms with Gasteiger partial charge in [-0.05, 0) is 31.9 Å². The van der Waals surface area contributed by atoms with E-state index in [4.69, 9.17) is 25.4 Å². The van der Waals surface area contributed by atoms with Gasteiger partial charge in [0.1, 0.15) is 0 Å². The minimum Gasteiger partial charge on any atom is -0.394 e. The Morgan fingerprint density at radius 2 is 1.87 bits per heavy atom. The van der Waals surface area contributed by atoms with Crippen LogP contribution in [0.3, 0.4) is 0 Å². The third-order valence-electron chi connectivity index (χ3n) is 1.43. The summed E-state index contributed by atoms with van der Waals surface area (Å²) in [6.07, 6.45) is 0. The fourth-order valence-electron chi connectivity index (χ4n) is 0.450. The zero-order valence-corrected chi connectivity index (χ0v) is 13.5. The van der Waals surface area contributed by atoms with E-state index in [2.05, 4.69) is 31.9 Å². The highest BCUT2D eigenvalue weighted by Crippen LogP contribution is 2.62. The van der Waals surface area contributed by atoms with Gasteiger partial charge in [0, 0.05) is 16.7 Å². The molecule has 92 valence electrons. The molecule has 0 saturated heterocycles. The van der Waals surface area contributed by atoms with Crippen molar-refractivity contribution in [1.29, 1.82) is 0 Å². The maximum absolute atomic E-state index is 11.6.